The number of rotatable bonds is 4. The fourth-order valence-corrected chi connectivity index (χ4v) is 3.95. The number of benzene rings is 2. The van der Waals surface area contributed by atoms with E-state index >= 15 is 0 Å². The summed E-state index contributed by atoms with van der Waals surface area (Å²) >= 11 is 0. The summed E-state index contributed by atoms with van der Waals surface area (Å²) in [6, 6.07) is 16.0. The van der Waals surface area contributed by atoms with Gasteiger partial charge in [-0.05, 0) is 49.9 Å². The van der Waals surface area contributed by atoms with Crippen LogP contribution in [-0.2, 0) is 13.1 Å². The monoisotopic (exact) mass is 483 g/mol. The van der Waals surface area contributed by atoms with E-state index < -0.39 is 0 Å². The molecule has 0 spiro atoms. The summed E-state index contributed by atoms with van der Waals surface area (Å²) in [5.41, 5.74) is 3.77. The molecular weight excluding hydrogens is 454 g/mol. The summed E-state index contributed by atoms with van der Waals surface area (Å²) in [6.45, 7) is 3.28. The summed E-state index contributed by atoms with van der Waals surface area (Å²) in [4.78, 5) is 15.4. The van der Waals surface area contributed by atoms with Crippen LogP contribution in [0.2, 0.25) is 0 Å². The van der Waals surface area contributed by atoms with E-state index in [1.54, 1.807) is 17.2 Å². The van der Waals surface area contributed by atoms with Crippen molar-refractivity contribution in [3.05, 3.63) is 85.1 Å². The van der Waals surface area contributed by atoms with Crippen LogP contribution in [0.4, 0.5) is 11.6 Å². The van der Waals surface area contributed by atoms with Gasteiger partial charge in [-0.15, -0.1) is 0 Å². The molecule has 1 N–H and O–H groups in total. The Morgan fingerprint density at radius 3 is 3.00 bits per heavy atom. The Bertz CT molecular complexity index is 1310. The van der Waals surface area contributed by atoms with E-state index in [9.17, 15) is 0 Å². The minimum absolute atomic E-state index is 0.497. The number of nitrogens with zero attached hydrogens (tertiary/aromatic N) is 6. The molecular formula is C27H29N7O2. The molecule has 5 rings (SSSR count). The molecule has 9 nitrogen and oxygen atoms in total. The number of aromatic nitrogens is 5. The zero-order valence-corrected chi connectivity index (χ0v) is 20.2. The Labute approximate surface area is 210 Å². The van der Waals surface area contributed by atoms with E-state index in [0.717, 1.165) is 53.5 Å². The maximum Gasteiger partial charge on any atom is 0.227 e. The van der Waals surface area contributed by atoms with Gasteiger partial charge < -0.3 is 14.8 Å². The molecule has 0 aliphatic carbocycles. The number of likely N-dealkylation sites (N-methyl/N-ethyl adjacent to an activating group) is 1. The van der Waals surface area contributed by atoms with Crippen molar-refractivity contribution in [3.63, 3.8) is 0 Å². The zero-order valence-electron chi connectivity index (χ0n) is 20.2. The van der Waals surface area contributed by atoms with Crippen LogP contribution in [0.1, 0.15) is 12.0 Å². The molecule has 184 valence electrons. The molecule has 2 aromatic carbocycles. The minimum Gasteiger partial charge on any atom is -0.493 e. The fraction of sp³-hybridized carbons (Fsp3) is 0.259. The molecule has 36 heavy (non-hydrogen) atoms. The van der Waals surface area contributed by atoms with E-state index in [0.29, 0.717) is 25.7 Å². The van der Waals surface area contributed by atoms with Gasteiger partial charge in [0.2, 0.25) is 5.95 Å². The Balaban J connectivity index is 1.41. The van der Waals surface area contributed by atoms with Crippen molar-refractivity contribution in [1.29, 1.82) is 0 Å². The number of anilines is 2. The normalized spacial score (nSPS) is 14.2. The van der Waals surface area contributed by atoms with Gasteiger partial charge in [-0.3, -0.25) is 4.90 Å². The average Bonchev–Trinajstić information content (AvgIpc) is 3.41. The minimum atomic E-state index is 0.497. The second-order valence-electron chi connectivity index (χ2n) is 8.55. The highest BCUT2D eigenvalue weighted by Gasteiger charge is 2.11. The Morgan fingerprint density at radius 2 is 2.08 bits per heavy atom. The van der Waals surface area contributed by atoms with E-state index in [-0.39, 0.29) is 0 Å². The molecule has 0 saturated heterocycles. The molecule has 0 radical (unpaired) electrons. The van der Waals surface area contributed by atoms with E-state index in [1.165, 1.54) is 6.33 Å². The number of nitrogens with one attached hydrogen (secondary N) is 1. The molecule has 1 aliphatic heterocycles. The second kappa shape index (κ2) is 11.5. The lowest BCUT2D eigenvalue weighted by Gasteiger charge is -2.19. The van der Waals surface area contributed by atoms with Crippen molar-refractivity contribution in [1.82, 2.24) is 29.6 Å². The zero-order chi connectivity index (χ0) is 24.6. The van der Waals surface area contributed by atoms with Gasteiger partial charge in [-0.1, -0.05) is 24.3 Å². The third-order valence-corrected chi connectivity index (χ3v) is 5.72. The highest BCUT2D eigenvalue weighted by atomic mass is 16.5. The number of hydrogen-bond donors (Lipinski definition) is 1. The van der Waals surface area contributed by atoms with Gasteiger partial charge in [-0.2, -0.15) is 5.10 Å². The van der Waals surface area contributed by atoms with Crippen molar-refractivity contribution in [2.24, 2.45) is 0 Å². The van der Waals surface area contributed by atoms with Crippen molar-refractivity contribution in [2.45, 2.75) is 19.5 Å². The first kappa shape index (κ1) is 23.5. The maximum atomic E-state index is 6.13. The summed E-state index contributed by atoms with van der Waals surface area (Å²) in [5, 5.41) is 7.49. The first-order valence-corrected chi connectivity index (χ1v) is 12.0. The van der Waals surface area contributed by atoms with Gasteiger partial charge in [0.25, 0.3) is 0 Å². The van der Waals surface area contributed by atoms with Crippen molar-refractivity contribution in [2.75, 3.05) is 32.1 Å². The lowest BCUT2D eigenvalue weighted by molar-refractivity contribution is 0.280. The predicted molar refractivity (Wildman–Crippen MR) is 138 cm³/mol. The largest absolute Gasteiger partial charge is 0.493 e. The van der Waals surface area contributed by atoms with Gasteiger partial charge in [0.1, 0.15) is 30.8 Å². The van der Waals surface area contributed by atoms with Crippen LogP contribution in [-0.4, -0.2) is 56.4 Å². The molecule has 0 fully saturated rings. The number of hydrogen-bond acceptors (Lipinski definition) is 8. The maximum absolute atomic E-state index is 6.13. The summed E-state index contributed by atoms with van der Waals surface area (Å²) < 4.78 is 13.8. The molecule has 4 aromatic rings. The molecule has 2 aromatic heterocycles. The second-order valence-corrected chi connectivity index (χ2v) is 8.55. The van der Waals surface area contributed by atoms with Gasteiger partial charge >= 0.3 is 0 Å². The van der Waals surface area contributed by atoms with E-state index in [1.807, 2.05) is 42.5 Å². The van der Waals surface area contributed by atoms with Crippen LogP contribution in [0.3, 0.4) is 0 Å². The van der Waals surface area contributed by atoms with Crippen LogP contribution in [0.15, 0.2) is 79.5 Å². The van der Waals surface area contributed by atoms with Crippen molar-refractivity contribution >= 4 is 11.6 Å². The first-order chi connectivity index (χ1) is 17.7. The van der Waals surface area contributed by atoms with Crippen LogP contribution in [0.5, 0.6) is 11.5 Å². The lowest BCUT2D eigenvalue weighted by atomic mass is 10.1. The molecule has 1 aliphatic rings. The molecule has 0 saturated carbocycles. The smallest absolute Gasteiger partial charge is 0.227 e. The van der Waals surface area contributed by atoms with E-state index in [2.05, 4.69) is 50.5 Å². The highest BCUT2D eigenvalue weighted by Crippen LogP contribution is 2.27. The molecule has 3 heterocycles. The van der Waals surface area contributed by atoms with Gasteiger partial charge in [0.05, 0.1) is 18.8 Å². The quantitative estimate of drug-likeness (QED) is 0.429. The lowest BCUT2D eigenvalue weighted by Crippen LogP contribution is -2.19. The van der Waals surface area contributed by atoms with Crippen molar-refractivity contribution < 1.29 is 9.47 Å². The fourth-order valence-electron chi connectivity index (χ4n) is 3.95. The topological polar surface area (TPSA) is 90.2 Å². The third-order valence-electron chi connectivity index (χ3n) is 5.72. The molecule has 9 heteroatoms. The van der Waals surface area contributed by atoms with Crippen LogP contribution >= 0.6 is 0 Å². The van der Waals surface area contributed by atoms with Gasteiger partial charge in [0.15, 0.2) is 0 Å². The third kappa shape index (κ3) is 6.25. The summed E-state index contributed by atoms with van der Waals surface area (Å²) in [6.07, 6.45) is 10.1. The Kier molecular flexibility index (Phi) is 7.48. The molecule has 0 unspecified atom stereocenters. The number of fused-ring (bicyclic) bond motifs is 7. The van der Waals surface area contributed by atoms with E-state index in [4.69, 9.17) is 14.5 Å². The molecule has 0 amide bonds. The van der Waals surface area contributed by atoms with Crippen LogP contribution < -0.4 is 14.8 Å². The Morgan fingerprint density at radius 1 is 1.11 bits per heavy atom. The van der Waals surface area contributed by atoms with Crippen molar-refractivity contribution in [3.8, 4) is 22.8 Å². The van der Waals surface area contributed by atoms with Gasteiger partial charge in [0, 0.05) is 36.1 Å². The molecule has 6 bridgehead atoms. The SMILES string of the molecule is CN1CC=CCCOc2cccc(c2)-c2ccnc(n2)Nc2ccc(OCCn3cncn3)c(c2)C1. The van der Waals surface area contributed by atoms with Gasteiger partial charge in [-0.25, -0.2) is 19.6 Å². The standard InChI is InChI=1S/C27H29N7O2/c1-33-12-3-2-4-14-35-24-7-5-6-21(17-24)25-10-11-29-27(32-25)31-23-8-9-26(22(16-23)18-33)36-15-13-34-20-28-19-30-34/h2-3,5-11,16-17,19-20H,4,12-15,18H2,1H3,(H,29,31,32). The summed E-state index contributed by atoms with van der Waals surface area (Å²) in [7, 11) is 2.09. The number of ether oxygens (including phenoxy) is 2. The molecule has 0 atom stereocenters. The summed E-state index contributed by atoms with van der Waals surface area (Å²) in [5.74, 6) is 2.20. The van der Waals surface area contributed by atoms with Crippen LogP contribution in [0, 0.1) is 0 Å². The highest BCUT2D eigenvalue weighted by molar-refractivity contribution is 5.64. The predicted octanol–water partition coefficient (Wildman–Crippen LogP) is 4.33. The Hall–Kier alpha value is -4.24. The first-order valence-electron chi connectivity index (χ1n) is 12.0. The average molecular weight is 484 g/mol. The van der Waals surface area contributed by atoms with Crippen LogP contribution in [0.25, 0.3) is 11.3 Å².